The van der Waals surface area contributed by atoms with Gasteiger partial charge in [-0.05, 0) is 56.4 Å². The molecule has 130 valence electrons. The van der Waals surface area contributed by atoms with Crippen molar-refractivity contribution in [1.82, 2.24) is 15.3 Å². The van der Waals surface area contributed by atoms with Crippen LogP contribution in [0.25, 0.3) is 0 Å². The van der Waals surface area contributed by atoms with Gasteiger partial charge in [0.15, 0.2) is 0 Å². The average Bonchev–Trinajstić information content (AvgIpc) is 2.63. The molecule has 0 atom stereocenters. The number of carbonyl (C=O) groups excluding carboxylic acids is 1. The van der Waals surface area contributed by atoms with Gasteiger partial charge in [-0.25, -0.2) is 14.4 Å². The molecule has 3 rings (SSSR count). The molecule has 0 radical (unpaired) electrons. The highest BCUT2D eigenvalue weighted by Crippen LogP contribution is 2.19. The molecular formula is C19H21FN4O. The molecule has 2 N–H and O–H groups in total. The van der Waals surface area contributed by atoms with Crippen molar-refractivity contribution in [3.05, 3.63) is 59.7 Å². The number of anilines is 2. The fraction of sp³-hybridized carbons (Fsp3) is 0.316. The molecule has 0 saturated heterocycles. The Morgan fingerprint density at radius 2 is 2.16 bits per heavy atom. The standard InChI is InChI=1S/C19H21FN4O/c20-15-7-4-8-16(13-15)23-19-22-12-10-17(24-19)18(25)21-11-9-14-5-2-1-3-6-14/h4-5,7-8,10,12-13H,1-3,6,9,11H2,(H,21,25)(H,22,23,24). The first kappa shape index (κ1) is 17.1. The van der Waals surface area contributed by atoms with E-state index < -0.39 is 0 Å². The smallest absolute Gasteiger partial charge is 0.270 e. The lowest BCUT2D eigenvalue weighted by molar-refractivity contribution is 0.0949. The third-order valence-corrected chi connectivity index (χ3v) is 4.09. The lowest BCUT2D eigenvalue weighted by Gasteiger charge is -2.13. The minimum atomic E-state index is -0.351. The first-order chi connectivity index (χ1) is 12.2. The number of halogens is 1. The van der Waals surface area contributed by atoms with E-state index in [1.54, 1.807) is 18.2 Å². The van der Waals surface area contributed by atoms with Crippen LogP contribution in [0.2, 0.25) is 0 Å². The third-order valence-electron chi connectivity index (χ3n) is 4.09. The molecule has 1 aromatic heterocycles. The van der Waals surface area contributed by atoms with Crippen molar-refractivity contribution < 1.29 is 9.18 Å². The van der Waals surface area contributed by atoms with Gasteiger partial charge in [-0.15, -0.1) is 0 Å². The summed E-state index contributed by atoms with van der Waals surface area (Å²) in [5.41, 5.74) is 2.23. The minimum Gasteiger partial charge on any atom is -0.350 e. The largest absolute Gasteiger partial charge is 0.350 e. The fourth-order valence-corrected chi connectivity index (χ4v) is 2.80. The second-order valence-corrected chi connectivity index (χ2v) is 6.01. The summed E-state index contributed by atoms with van der Waals surface area (Å²) in [6.45, 7) is 0.599. The summed E-state index contributed by atoms with van der Waals surface area (Å²) in [6.07, 6.45) is 9.44. The normalized spacial score (nSPS) is 13.9. The van der Waals surface area contributed by atoms with Gasteiger partial charge >= 0.3 is 0 Å². The molecule has 0 saturated carbocycles. The van der Waals surface area contributed by atoms with Crippen molar-refractivity contribution in [2.24, 2.45) is 0 Å². The van der Waals surface area contributed by atoms with Crippen LogP contribution in [0.5, 0.6) is 0 Å². The average molecular weight is 340 g/mol. The first-order valence-electron chi connectivity index (χ1n) is 8.52. The number of hydrogen-bond donors (Lipinski definition) is 2. The predicted octanol–water partition coefficient (Wildman–Crippen LogP) is 3.98. The second kappa shape index (κ2) is 8.37. The zero-order valence-electron chi connectivity index (χ0n) is 14.0. The van der Waals surface area contributed by atoms with E-state index in [0.717, 1.165) is 19.3 Å². The van der Waals surface area contributed by atoms with Crippen molar-refractivity contribution >= 4 is 17.5 Å². The fourth-order valence-electron chi connectivity index (χ4n) is 2.80. The number of hydrogen-bond acceptors (Lipinski definition) is 4. The molecule has 1 aliphatic carbocycles. The molecule has 0 unspecified atom stereocenters. The highest BCUT2D eigenvalue weighted by atomic mass is 19.1. The van der Waals surface area contributed by atoms with Crippen molar-refractivity contribution in [3.8, 4) is 0 Å². The number of carbonyl (C=O) groups is 1. The summed E-state index contributed by atoms with van der Waals surface area (Å²) in [7, 11) is 0. The summed E-state index contributed by atoms with van der Waals surface area (Å²) in [4.78, 5) is 20.5. The van der Waals surface area contributed by atoms with Crippen LogP contribution in [0.3, 0.4) is 0 Å². The van der Waals surface area contributed by atoms with Gasteiger partial charge in [0.05, 0.1) is 0 Å². The van der Waals surface area contributed by atoms with Gasteiger partial charge in [-0.1, -0.05) is 17.7 Å². The molecule has 1 aliphatic rings. The zero-order valence-corrected chi connectivity index (χ0v) is 14.0. The maximum atomic E-state index is 13.2. The van der Waals surface area contributed by atoms with Crippen LogP contribution < -0.4 is 10.6 Å². The van der Waals surface area contributed by atoms with Crippen LogP contribution in [-0.4, -0.2) is 22.4 Å². The molecule has 5 nitrogen and oxygen atoms in total. The van der Waals surface area contributed by atoms with Crippen molar-refractivity contribution in [2.45, 2.75) is 32.1 Å². The van der Waals surface area contributed by atoms with E-state index in [4.69, 9.17) is 0 Å². The van der Waals surface area contributed by atoms with Gasteiger partial charge in [-0.2, -0.15) is 0 Å². The maximum absolute atomic E-state index is 13.2. The Bertz CT molecular complexity index is 776. The Morgan fingerprint density at radius 3 is 2.96 bits per heavy atom. The summed E-state index contributed by atoms with van der Waals surface area (Å²) in [5.74, 6) is -0.328. The zero-order chi connectivity index (χ0) is 17.5. The topological polar surface area (TPSA) is 66.9 Å². The van der Waals surface area contributed by atoms with Gasteiger partial charge in [0, 0.05) is 18.4 Å². The van der Waals surface area contributed by atoms with Gasteiger partial charge < -0.3 is 10.6 Å². The molecule has 0 aliphatic heterocycles. The van der Waals surface area contributed by atoms with Crippen LogP contribution in [0.1, 0.15) is 42.6 Å². The SMILES string of the molecule is O=C(NCCC1=CCCCC1)c1ccnc(Nc2cccc(F)c2)n1. The lowest BCUT2D eigenvalue weighted by Crippen LogP contribution is -2.26. The summed E-state index contributed by atoms with van der Waals surface area (Å²) in [6, 6.07) is 7.56. The van der Waals surface area contributed by atoms with Crippen molar-refractivity contribution in [2.75, 3.05) is 11.9 Å². The number of aromatic nitrogens is 2. The predicted molar refractivity (Wildman–Crippen MR) is 95.2 cm³/mol. The van der Waals surface area contributed by atoms with Gasteiger partial charge in [0.2, 0.25) is 5.95 Å². The van der Waals surface area contributed by atoms with E-state index >= 15 is 0 Å². The maximum Gasteiger partial charge on any atom is 0.270 e. The van der Waals surface area contributed by atoms with Crippen LogP contribution >= 0.6 is 0 Å². The molecule has 6 heteroatoms. The molecular weight excluding hydrogens is 319 g/mol. The van der Waals surface area contributed by atoms with Gasteiger partial charge in [0.25, 0.3) is 5.91 Å². The Morgan fingerprint density at radius 1 is 1.24 bits per heavy atom. The second-order valence-electron chi connectivity index (χ2n) is 6.01. The Hall–Kier alpha value is -2.76. The van der Waals surface area contributed by atoms with E-state index in [2.05, 4.69) is 26.7 Å². The van der Waals surface area contributed by atoms with E-state index in [-0.39, 0.29) is 23.4 Å². The van der Waals surface area contributed by atoms with Gasteiger partial charge in [0.1, 0.15) is 11.5 Å². The Labute approximate surface area is 146 Å². The molecule has 2 aromatic rings. The van der Waals surface area contributed by atoms with Crippen LogP contribution in [0.15, 0.2) is 48.2 Å². The number of nitrogens with zero attached hydrogens (tertiary/aromatic N) is 2. The summed E-state index contributed by atoms with van der Waals surface area (Å²) in [5, 5.41) is 5.79. The Balaban J connectivity index is 1.56. The van der Waals surface area contributed by atoms with E-state index in [1.165, 1.54) is 36.7 Å². The van der Waals surface area contributed by atoms with E-state index in [0.29, 0.717) is 12.2 Å². The van der Waals surface area contributed by atoms with E-state index in [1.807, 2.05) is 0 Å². The Kier molecular flexibility index (Phi) is 5.72. The highest BCUT2D eigenvalue weighted by Gasteiger charge is 2.10. The molecule has 0 fully saturated rings. The molecule has 1 heterocycles. The number of nitrogens with one attached hydrogen (secondary N) is 2. The molecule has 1 aromatic carbocycles. The minimum absolute atomic E-state index is 0.235. The van der Waals surface area contributed by atoms with Gasteiger partial charge in [-0.3, -0.25) is 4.79 Å². The molecule has 1 amide bonds. The van der Waals surface area contributed by atoms with Crippen molar-refractivity contribution in [1.29, 1.82) is 0 Å². The number of benzene rings is 1. The van der Waals surface area contributed by atoms with Crippen LogP contribution in [0.4, 0.5) is 16.0 Å². The van der Waals surface area contributed by atoms with E-state index in [9.17, 15) is 9.18 Å². The molecule has 25 heavy (non-hydrogen) atoms. The molecule has 0 bridgehead atoms. The molecule has 0 spiro atoms. The number of allylic oxidation sites excluding steroid dienone is 1. The lowest BCUT2D eigenvalue weighted by atomic mass is 9.97. The quantitative estimate of drug-likeness (QED) is 0.781. The summed E-state index contributed by atoms with van der Waals surface area (Å²) >= 11 is 0. The third kappa shape index (κ3) is 5.11. The first-order valence-corrected chi connectivity index (χ1v) is 8.52. The number of rotatable bonds is 6. The number of amides is 1. The monoisotopic (exact) mass is 340 g/mol. The highest BCUT2D eigenvalue weighted by molar-refractivity contribution is 5.92. The van der Waals surface area contributed by atoms with Crippen LogP contribution in [-0.2, 0) is 0 Å². The summed E-state index contributed by atoms with van der Waals surface area (Å²) < 4.78 is 13.2. The van der Waals surface area contributed by atoms with Crippen molar-refractivity contribution in [3.63, 3.8) is 0 Å². The van der Waals surface area contributed by atoms with Crippen LogP contribution in [0, 0.1) is 5.82 Å².